The van der Waals surface area contributed by atoms with Crippen molar-refractivity contribution in [2.45, 2.75) is 39.5 Å². The minimum absolute atomic E-state index is 0.484. The molecule has 0 saturated heterocycles. The number of aromatic nitrogens is 1. The van der Waals surface area contributed by atoms with Crippen LogP contribution in [0.25, 0.3) is 70.8 Å². The molecular weight excluding hydrogens is 496 g/mol. The van der Waals surface area contributed by atoms with Gasteiger partial charge in [0.25, 0.3) is 0 Å². The summed E-state index contributed by atoms with van der Waals surface area (Å²) in [4.78, 5) is 0. The van der Waals surface area contributed by atoms with Crippen LogP contribution in [0.5, 0.6) is 0 Å². The third-order valence-electron chi connectivity index (χ3n) is 9.01. The molecule has 8 aromatic rings. The van der Waals surface area contributed by atoms with E-state index in [9.17, 15) is 5.26 Å². The van der Waals surface area contributed by atoms with Crippen LogP contribution in [0.2, 0.25) is 0 Å². The van der Waals surface area contributed by atoms with Gasteiger partial charge in [-0.15, -0.1) is 0 Å². The third kappa shape index (κ3) is 3.49. The molecule has 0 amide bonds. The Labute approximate surface area is 239 Å². The number of benzene rings is 6. The molecule has 0 atom stereocenters. The van der Waals surface area contributed by atoms with Gasteiger partial charge in [-0.3, -0.25) is 0 Å². The van der Waals surface area contributed by atoms with Gasteiger partial charge in [0.15, 0.2) is 0 Å². The Balaban J connectivity index is 1.55. The van der Waals surface area contributed by atoms with Crippen LogP contribution >= 0.6 is 0 Å². The lowest BCUT2D eigenvalue weighted by Crippen LogP contribution is -1.88. The number of nitriles is 1. The van der Waals surface area contributed by atoms with Gasteiger partial charge in [0.1, 0.15) is 0 Å². The van der Waals surface area contributed by atoms with Crippen LogP contribution in [0.4, 0.5) is 0 Å². The lowest BCUT2D eigenvalue weighted by molar-refractivity contribution is 0.869. The maximum absolute atomic E-state index is 9.60. The lowest BCUT2D eigenvalue weighted by atomic mass is 9.95. The van der Waals surface area contributed by atoms with Crippen molar-refractivity contribution < 1.29 is 0 Å². The Hall–Kier alpha value is -4.87. The second-order valence-corrected chi connectivity index (χ2v) is 12.2. The van der Waals surface area contributed by atoms with Crippen LogP contribution in [-0.4, -0.2) is 4.40 Å². The van der Waals surface area contributed by atoms with Crippen molar-refractivity contribution in [2.75, 3.05) is 0 Å². The summed E-state index contributed by atoms with van der Waals surface area (Å²) in [6.45, 7) is 9.01. The Kier molecular flexibility index (Phi) is 5.01. The van der Waals surface area contributed by atoms with E-state index in [1.165, 1.54) is 70.8 Å². The summed E-state index contributed by atoms with van der Waals surface area (Å²) in [6, 6.07) is 38.2. The first-order valence-corrected chi connectivity index (χ1v) is 14.5. The molecule has 0 aliphatic heterocycles. The molecule has 0 unspecified atom stereocenters. The molecular formula is C39H30N2. The van der Waals surface area contributed by atoms with Gasteiger partial charge in [0.2, 0.25) is 0 Å². The van der Waals surface area contributed by atoms with Crippen molar-refractivity contribution in [3.63, 3.8) is 0 Å². The highest BCUT2D eigenvalue weighted by Gasteiger charge is 2.20. The highest BCUT2D eigenvalue weighted by atomic mass is 14.9. The van der Waals surface area contributed by atoms with Crippen molar-refractivity contribution in [1.82, 2.24) is 4.40 Å². The first-order valence-electron chi connectivity index (χ1n) is 14.5. The molecule has 196 valence electrons. The van der Waals surface area contributed by atoms with Crippen LogP contribution in [0, 0.1) is 11.3 Å². The number of nitrogens with zero attached hydrogens (tertiary/aromatic N) is 2. The molecule has 0 N–H and O–H groups in total. The van der Waals surface area contributed by atoms with Gasteiger partial charge in [0.05, 0.1) is 28.2 Å². The fourth-order valence-corrected chi connectivity index (χ4v) is 6.72. The number of hydrogen-bond donors (Lipinski definition) is 0. The minimum atomic E-state index is 0.484. The highest BCUT2D eigenvalue weighted by Crippen LogP contribution is 2.44. The molecule has 6 aromatic carbocycles. The minimum Gasteiger partial charge on any atom is -0.308 e. The Morgan fingerprint density at radius 2 is 1.10 bits per heavy atom. The van der Waals surface area contributed by atoms with Gasteiger partial charge in [-0.1, -0.05) is 76.2 Å². The van der Waals surface area contributed by atoms with Crippen LogP contribution in [0.15, 0.2) is 97.1 Å². The summed E-state index contributed by atoms with van der Waals surface area (Å²) in [5.74, 6) is 0.967. The lowest BCUT2D eigenvalue weighted by Gasteiger charge is -2.09. The van der Waals surface area contributed by atoms with Gasteiger partial charge < -0.3 is 4.40 Å². The fraction of sp³-hybridized carbons (Fsp3) is 0.154. The van der Waals surface area contributed by atoms with E-state index in [0.29, 0.717) is 17.4 Å². The molecule has 0 bridgehead atoms. The largest absolute Gasteiger partial charge is 0.308 e. The van der Waals surface area contributed by atoms with Crippen LogP contribution in [0.1, 0.15) is 56.2 Å². The molecule has 41 heavy (non-hydrogen) atoms. The van der Waals surface area contributed by atoms with Gasteiger partial charge in [0, 0.05) is 21.5 Å². The number of rotatable bonds is 3. The normalized spacial score (nSPS) is 12.3. The van der Waals surface area contributed by atoms with Gasteiger partial charge in [-0.05, 0) is 104 Å². The highest BCUT2D eigenvalue weighted by molar-refractivity contribution is 6.27. The average molecular weight is 527 g/mol. The molecule has 0 radical (unpaired) electrons. The van der Waals surface area contributed by atoms with E-state index in [-0.39, 0.29) is 0 Å². The van der Waals surface area contributed by atoms with Gasteiger partial charge in [-0.25, -0.2) is 0 Å². The van der Waals surface area contributed by atoms with Crippen molar-refractivity contribution in [2.24, 2.45) is 0 Å². The fourth-order valence-electron chi connectivity index (χ4n) is 6.72. The van der Waals surface area contributed by atoms with Crippen LogP contribution < -0.4 is 0 Å². The van der Waals surface area contributed by atoms with E-state index in [4.69, 9.17) is 0 Å². The summed E-state index contributed by atoms with van der Waals surface area (Å²) in [5, 5.41) is 19.7. The summed E-state index contributed by atoms with van der Waals surface area (Å²) >= 11 is 0. The van der Waals surface area contributed by atoms with E-state index < -0.39 is 0 Å². The molecule has 2 heterocycles. The maximum Gasteiger partial charge on any atom is 0.0991 e. The van der Waals surface area contributed by atoms with Crippen molar-refractivity contribution in [3.8, 4) is 17.2 Å². The second-order valence-electron chi connectivity index (χ2n) is 12.2. The standard InChI is InChI=1S/C39H30N2/c1-22(2)25-8-10-28-19-37-33(15-30(28)13-25)35-17-32(27-7-5-6-24(12-27)21-40)18-36-34-16-31-14-26(23(3)4)9-11-29(31)20-38(34)41(37)39(35)36/h5-20,22-23H,1-4H3. The molecule has 0 fully saturated rings. The molecule has 0 spiro atoms. The maximum atomic E-state index is 9.60. The van der Waals surface area contributed by atoms with E-state index in [0.717, 1.165) is 11.1 Å². The summed E-state index contributed by atoms with van der Waals surface area (Å²) in [5.41, 5.74) is 9.37. The summed E-state index contributed by atoms with van der Waals surface area (Å²) < 4.78 is 2.48. The van der Waals surface area contributed by atoms with Gasteiger partial charge >= 0.3 is 0 Å². The van der Waals surface area contributed by atoms with E-state index in [1.807, 2.05) is 18.2 Å². The van der Waals surface area contributed by atoms with Crippen molar-refractivity contribution in [3.05, 3.63) is 114 Å². The molecule has 2 nitrogen and oxygen atoms in total. The van der Waals surface area contributed by atoms with Crippen molar-refractivity contribution >= 4 is 59.6 Å². The number of hydrogen-bond acceptors (Lipinski definition) is 1. The van der Waals surface area contributed by atoms with Crippen LogP contribution in [-0.2, 0) is 0 Å². The quantitative estimate of drug-likeness (QED) is 0.225. The van der Waals surface area contributed by atoms with E-state index in [2.05, 4.69) is 117 Å². The predicted octanol–water partition coefficient (Wildman–Crippen LogP) is 10.9. The topological polar surface area (TPSA) is 28.2 Å². The zero-order valence-electron chi connectivity index (χ0n) is 23.8. The summed E-state index contributed by atoms with van der Waals surface area (Å²) in [7, 11) is 0. The SMILES string of the molecule is CC(C)c1ccc2cc3c(cc2c1)c1cc(-c2cccc(C#N)c2)cc2c4cc5cc(C(C)C)ccc5cc4n3c12. The summed E-state index contributed by atoms with van der Waals surface area (Å²) in [6.07, 6.45) is 0. The first kappa shape index (κ1) is 24.0. The molecule has 0 aliphatic carbocycles. The molecule has 0 saturated carbocycles. The van der Waals surface area contributed by atoms with Gasteiger partial charge in [-0.2, -0.15) is 5.26 Å². The Morgan fingerprint density at radius 3 is 1.61 bits per heavy atom. The van der Waals surface area contributed by atoms with E-state index in [1.54, 1.807) is 0 Å². The monoisotopic (exact) mass is 526 g/mol. The molecule has 2 heteroatoms. The second kappa shape index (κ2) is 8.56. The Bertz CT molecular complexity index is 2240. The molecule has 0 aliphatic rings. The molecule has 2 aromatic heterocycles. The Morgan fingerprint density at radius 1 is 0.537 bits per heavy atom. The molecule has 8 rings (SSSR count). The third-order valence-corrected chi connectivity index (χ3v) is 9.01. The average Bonchev–Trinajstić information content (AvgIpc) is 3.48. The zero-order valence-corrected chi connectivity index (χ0v) is 23.8. The van der Waals surface area contributed by atoms with E-state index >= 15 is 0 Å². The number of fused-ring (bicyclic) bond motifs is 8. The smallest absolute Gasteiger partial charge is 0.0991 e. The first-order chi connectivity index (χ1) is 19.9. The van der Waals surface area contributed by atoms with Crippen LogP contribution in [0.3, 0.4) is 0 Å². The zero-order chi connectivity index (χ0) is 28.0. The van der Waals surface area contributed by atoms with Crippen molar-refractivity contribution in [1.29, 1.82) is 5.26 Å². The predicted molar refractivity (Wildman–Crippen MR) is 174 cm³/mol.